The fourth-order valence-electron chi connectivity index (χ4n) is 3.39. The maximum Gasteiger partial charge on any atom is 0.490 e. The highest BCUT2D eigenvalue weighted by Crippen LogP contribution is 2.24. The van der Waals surface area contributed by atoms with E-state index in [2.05, 4.69) is 58.8 Å². The van der Waals surface area contributed by atoms with Crippen LogP contribution in [-0.4, -0.2) is 38.8 Å². The number of aryl methyl sites for hydroxylation is 1. The molecule has 3 aromatic carbocycles. The summed E-state index contributed by atoms with van der Waals surface area (Å²) in [5.41, 5.74) is 9.38. The molecule has 4 N–H and O–H groups in total. The number of aromatic nitrogens is 2. The third-order valence-corrected chi connectivity index (χ3v) is 5.41. The van der Waals surface area contributed by atoms with Gasteiger partial charge in [-0.1, -0.05) is 60.7 Å². The Labute approximate surface area is 205 Å². The second-order valence-electron chi connectivity index (χ2n) is 8.04. The number of rotatable bonds is 6. The number of benzene rings is 3. The average molecular weight is 499 g/mol. The Bertz CT molecular complexity index is 1330. The van der Waals surface area contributed by atoms with Crippen molar-refractivity contribution in [1.29, 1.82) is 0 Å². The first kappa shape index (κ1) is 26.4. The maximum atomic E-state index is 12.3. The fourth-order valence-corrected chi connectivity index (χ4v) is 3.39. The zero-order valence-electron chi connectivity index (χ0n) is 19.4. The predicted octanol–water partition coefficient (Wildman–Crippen LogP) is 4.06. The van der Waals surface area contributed by atoms with Crippen LogP contribution in [0.25, 0.3) is 21.9 Å². The van der Waals surface area contributed by atoms with Crippen LogP contribution in [0.2, 0.25) is 0 Å². The van der Waals surface area contributed by atoms with Crippen molar-refractivity contribution in [3.63, 3.8) is 0 Å². The Kier molecular flexibility index (Phi) is 8.44. The second kappa shape index (κ2) is 11.5. The molecule has 1 aromatic heterocycles. The average Bonchev–Trinajstić information content (AvgIpc) is 3.26. The summed E-state index contributed by atoms with van der Waals surface area (Å²) >= 11 is 0. The van der Waals surface area contributed by atoms with Crippen LogP contribution in [0.3, 0.4) is 0 Å². The van der Waals surface area contributed by atoms with Gasteiger partial charge in [-0.05, 0) is 33.5 Å². The van der Waals surface area contributed by atoms with Gasteiger partial charge in [0.2, 0.25) is 5.91 Å². The van der Waals surface area contributed by atoms with E-state index in [0.29, 0.717) is 13.0 Å². The van der Waals surface area contributed by atoms with Gasteiger partial charge in [0.1, 0.15) is 5.82 Å². The molecule has 0 radical (unpaired) electrons. The molecule has 10 heteroatoms. The Morgan fingerprint density at radius 1 is 1.03 bits per heavy atom. The van der Waals surface area contributed by atoms with Crippen LogP contribution in [-0.2, 0) is 29.6 Å². The van der Waals surface area contributed by atoms with Crippen molar-refractivity contribution in [2.24, 2.45) is 12.8 Å². The number of nitrogens with one attached hydrogen (secondary N) is 1. The number of carbonyl (C=O) groups is 2. The molecule has 0 spiro atoms. The summed E-state index contributed by atoms with van der Waals surface area (Å²) < 4.78 is 33.6. The molecule has 1 heterocycles. The number of hydrogen-bond donors (Lipinski definition) is 3. The monoisotopic (exact) mass is 498 g/mol. The summed E-state index contributed by atoms with van der Waals surface area (Å²) in [6, 6.07) is 22.4. The number of hydrogen-bond acceptors (Lipinski definition) is 4. The van der Waals surface area contributed by atoms with Crippen molar-refractivity contribution in [3.05, 3.63) is 90.5 Å². The van der Waals surface area contributed by atoms with Gasteiger partial charge in [-0.3, -0.25) is 4.79 Å². The Balaban J connectivity index is 0.000000454. The summed E-state index contributed by atoms with van der Waals surface area (Å²) in [7, 11) is 1.89. The molecular formula is C26H25F3N4O3. The van der Waals surface area contributed by atoms with Crippen molar-refractivity contribution in [3.8, 4) is 11.1 Å². The zero-order chi connectivity index (χ0) is 26.3. The number of alkyl halides is 3. The summed E-state index contributed by atoms with van der Waals surface area (Å²) in [5.74, 6) is -2.13. The highest BCUT2D eigenvalue weighted by atomic mass is 19.4. The molecule has 1 amide bonds. The number of carbonyl (C=O) groups excluding carboxylic acids is 1. The van der Waals surface area contributed by atoms with E-state index in [1.54, 1.807) is 6.20 Å². The molecule has 0 bridgehead atoms. The Hall–Kier alpha value is -4.18. The third-order valence-electron chi connectivity index (χ3n) is 5.41. The lowest BCUT2D eigenvalue weighted by molar-refractivity contribution is -0.192. The first-order chi connectivity index (χ1) is 17.0. The van der Waals surface area contributed by atoms with Crippen molar-refractivity contribution < 1.29 is 27.9 Å². The van der Waals surface area contributed by atoms with Gasteiger partial charge in [-0.2, -0.15) is 13.2 Å². The molecular weight excluding hydrogens is 473 g/mol. The van der Waals surface area contributed by atoms with Gasteiger partial charge in [-0.15, -0.1) is 0 Å². The molecule has 0 aliphatic carbocycles. The van der Waals surface area contributed by atoms with E-state index < -0.39 is 18.2 Å². The Morgan fingerprint density at radius 2 is 1.64 bits per heavy atom. The molecule has 4 aromatic rings. The molecule has 4 rings (SSSR count). The maximum absolute atomic E-state index is 12.3. The lowest BCUT2D eigenvalue weighted by Crippen LogP contribution is -2.42. The van der Waals surface area contributed by atoms with Gasteiger partial charge in [0.15, 0.2) is 0 Å². The standard InChI is InChI=1S/C24H24N4O.C2HF3O2/c1-28-13-12-26-23(28)15-22(25)24(29)27-16-17-6-8-19(9-7-17)21-11-10-18-4-2-3-5-20(18)14-21;3-2(4,5)1(6)7/h2-14,22H,15-16,25H2,1H3,(H,27,29);(H,6,7). The number of carboxylic acids is 1. The number of amides is 1. The lowest BCUT2D eigenvalue weighted by atomic mass is 10.0. The highest BCUT2D eigenvalue weighted by Gasteiger charge is 2.38. The highest BCUT2D eigenvalue weighted by molar-refractivity contribution is 5.87. The number of carboxylic acid groups (broad SMARTS) is 1. The molecule has 1 unspecified atom stereocenters. The van der Waals surface area contributed by atoms with Gasteiger partial charge in [0.05, 0.1) is 6.04 Å². The molecule has 36 heavy (non-hydrogen) atoms. The van der Waals surface area contributed by atoms with E-state index in [0.717, 1.165) is 17.0 Å². The first-order valence-corrected chi connectivity index (χ1v) is 10.9. The van der Waals surface area contributed by atoms with Crippen LogP contribution in [0.4, 0.5) is 13.2 Å². The number of nitrogens with zero attached hydrogens (tertiary/aromatic N) is 2. The van der Waals surface area contributed by atoms with E-state index in [4.69, 9.17) is 15.6 Å². The summed E-state index contributed by atoms with van der Waals surface area (Å²) in [5, 5.41) is 12.5. The molecule has 7 nitrogen and oxygen atoms in total. The van der Waals surface area contributed by atoms with E-state index in [1.807, 2.05) is 36.0 Å². The van der Waals surface area contributed by atoms with Crippen LogP contribution in [0.1, 0.15) is 11.4 Å². The SMILES string of the molecule is Cn1ccnc1CC(N)C(=O)NCc1ccc(-c2ccc3ccccc3c2)cc1.O=C(O)C(F)(F)F. The van der Waals surface area contributed by atoms with Crippen LogP contribution in [0.5, 0.6) is 0 Å². The van der Waals surface area contributed by atoms with E-state index in [9.17, 15) is 18.0 Å². The topological polar surface area (TPSA) is 110 Å². The lowest BCUT2D eigenvalue weighted by Gasteiger charge is -2.12. The number of aliphatic carboxylic acids is 1. The number of imidazole rings is 1. The van der Waals surface area contributed by atoms with Gasteiger partial charge in [0, 0.05) is 32.4 Å². The van der Waals surface area contributed by atoms with Gasteiger partial charge >= 0.3 is 12.1 Å². The van der Waals surface area contributed by atoms with Crippen molar-refractivity contribution >= 4 is 22.6 Å². The van der Waals surface area contributed by atoms with Crippen LogP contribution in [0.15, 0.2) is 79.1 Å². The predicted molar refractivity (Wildman–Crippen MR) is 130 cm³/mol. The molecule has 188 valence electrons. The van der Waals surface area contributed by atoms with Crippen LogP contribution in [0, 0.1) is 0 Å². The summed E-state index contributed by atoms with van der Waals surface area (Å²) in [6.45, 7) is 0.450. The largest absolute Gasteiger partial charge is 0.490 e. The molecule has 1 atom stereocenters. The zero-order valence-corrected chi connectivity index (χ0v) is 19.4. The van der Waals surface area contributed by atoms with Gasteiger partial charge in [0.25, 0.3) is 0 Å². The number of nitrogens with two attached hydrogens (primary N) is 1. The van der Waals surface area contributed by atoms with Gasteiger partial charge < -0.3 is 20.7 Å². The molecule has 0 fully saturated rings. The van der Waals surface area contributed by atoms with Crippen LogP contribution >= 0.6 is 0 Å². The molecule has 0 aliphatic heterocycles. The quantitative estimate of drug-likeness (QED) is 0.371. The fraction of sp³-hybridized carbons (Fsp3) is 0.192. The van der Waals surface area contributed by atoms with Crippen molar-refractivity contribution in [1.82, 2.24) is 14.9 Å². The molecule has 0 saturated carbocycles. The first-order valence-electron chi connectivity index (χ1n) is 10.9. The summed E-state index contributed by atoms with van der Waals surface area (Å²) in [6.07, 6.45) is -1.12. The second-order valence-corrected chi connectivity index (χ2v) is 8.04. The van der Waals surface area contributed by atoms with Crippen molar-refractivity contribution in [2.45, 2.75) is 25.2 Å². The molecule has 0 saturated heterocycles. The number of fused-ring (bicyclic) bond motifs is 1. The van der Waals surface area contributed by atoms with E-state index in [1.165, 1.54) is 16.3 Å². The van der Waals surface area contributed by atoms with E-state index in [-0.39, 0.29) is 5.91 Å². The minimum Gasteiger partial charge on any atom is -0.475 e. The van der Waals surface area contributed by atoms with E-state index >= 15 is 0 Å². The van der Waals surface area contributed by atoms with Crippen molar-refractivity contribution in [2.75, 3.05) is 0 Å². The normalized spacial score (nSPS) is 11.9. The molecule has 0 aliphatic rings. The minimum absolute atomic E-state index is 0.174. The minimum atomic E-state index is -5.08. The summed E-state index contributed by atoms with van der Waals surface area (Å²) in [4.78, 5) is 25.4. The third kappa shape index (κ3) is 7.16. The van der Waals surface area contributed by atoms with Crippen LogP contribution < -0.4 is 11.1 Å². The Morgan fingerprint density at radius 3 is 2.22 bits per heavy atom. The smallest absolute Gasteiger partial charge is 0.475 e. The van der Waals surface area contributed by atoms with Gasteiger partial charge in [-0.25, -0.2) is 9.78 Å². The number of halogens is 3.